The summed E-state index contributed by atoms with van der Waals surface area (Å²) in [6, 6.07) is 9.55. The fourth-order valence-electron chi connectivity index (χ4n) is 2.21. The van der Waals surface area contributed by atoms with Crippen molar-refractivity contribution in [1.82, 2.24) is 14.4 Å². The molecule has 0 atom stereocenters. The minimum absolute atomic E-state index is 0.0107. The van der Waals surface area contributed by atoms with Gasteiger partial charge in [-0.15, -0.1) is 0 Å². The van der Waals surface area contributed by atoms with E-state index in [1.165, 1.54) is 4.31 Å². The standard InChI is InChI=1S/C14H17N3O3S/c1-10(2)21(18,19)17-8-12(9-17)14-15-13(16-20-14)11-6-4-3-5-7-11/h3-7,10,12H,8-9H2,1-2H3. The average Bonchev–Trinajstić information content (AvgIpc) is 2.87. The van der Waals surface area contributed by atoms with Crippen molar-refractivity contribution in [1.29, 1.82) is 0 Å². The summed E-state index contributed by atoms with van der Waals surface area (Å²) in [6.07, 6.45) is 0. The monoisotopic (exact) mass is 307 g/mol. The molecule has 0 aliphatic carbocycles. The zero-order chi connectivity index (χ0) is 15.0. The predicted octanol–water partition coefficient (Wildman–Crippen LogP) is 1.87. The predicted molar refractivity (Wildman–Crippen MR) is 78.1 cm³/mol. The Morgan fingerprint density at radius 1 is 1.24 bits per heavy atom. The zero-order valence-corrected chi connectivity index (χ0v) is 12.7. The summed E-state index contributed by atoms with van der Waals surface area (Å²) in [5.41, 5.74) is 0.887. The lowest BCUT2D eigenvalue weighted by atomic mass is 10.0. The van der Waals surface area contributed by atoms with Gasteiger partial charge in [0.25, 0.3) is 0 Å². The molecule has 1 fully saturated rings. The molecule has 2 heterocycles. The Bertz CT molecular complexity index is 719. The first-order valence-electron chi connectivity index (χ1n) is 6.86. The van der Waals surface area contributed by atoms with Crippen LogP contribution in [0.5, 0.6) is 0 Å². The van der Waals surface area contributed by atoms with Crippen LogP contribution in [-0.4, -0.2) is 41.2 Å². The van der Waals surface area contributed by atoms with Crippen LogP contribution in [0.3, 0.4) is 0 Å². The van der Waals surface area contributed by atoms with Crippen LogP contribution in [0.4, 0.5) is 0 Å². The summed E-state index contributed by atoms with van der Waals surface area (Å²) >= 11 is 0. The second kappa shape index (κ2) is 5.23. The number of benzene rings is 1. The van der Waals surface area contributed by atoms with Crippen molar-refractivity contribution >= 4 is 10.0 Å². The van der Waals surface area contributed by atoms with Gasteiger partial charge in [-0.1, -0.05) is 35.5 Å². The van der Waals surface area contributed by atoms with E-state index in [0.29, 0.717) is 24.8 Å². The van der Waals surface area contributed by atoms with Gasteiger partial charge in [-0.05, 0) is 13.8 Å². The molecule has 0 N–H and O–H groups in total. The van der Waals surface area contributed by atoms with Crippen LogP contribution in [0.15, 0.2) is 34.9 Å². The first-order chi connectivity index (χ1) is 9.98. The maximum Gasteiger partial charge on any atom is 0.232 e. The molecule has 2 aromatic rings. The third-order valence-electron chi connectivity index (χ3n) is 3.63. The van der Waals surface area contributed by atoms with Crippen LogP contribution >= 0.6 is 0 Å². The number of sulfonamides is 1. The smallest absolute Gasteiger partial charge is 0.232 e. The molecule has 0 saturated carbocycles. The summed E-state index contributed by atoms with van der Waals surface area (Å²) in [4.78, 5) is 4.36. The Morgan fingerprint density at radius 3 is 2.52 bits per heavy atom. The molecule has 1 aromatic carbocycles. The first kappa shape index (κ1) is 14.2. The number of hydrogen-bond acceptors (Lipinski definition) is 5. The fourth-order valence-corrected chi connectivity index (χ4v) is 3.58. The van der Waals surface area contributed by atoms with Crippen LogP contribution in [0, 0.1) is 0 Å². The Balaban J connectivity index is 1.70. The van der Waals surface area contributed by atoms with E-state index in [9.17, 15) is 8.42 Å². The van der Waals surface area contributed by atoms with E-state index >= 15 is 0 Å². The molecule has 1 aromatic heterocycles. The van der Waals surface area contributed by atoms with Gasteiger partial charge in [0.15, 0.2) is 0 Å². The third kappa shape index (κ3) is 2.58. The SMILES string of the molecule is CC(C)S(=O)(=O)N1CC(c2nc(-c3ccccc3)no2)C1. The number of rotatable bonds is 4. The second-order valence-electron chi connectivity index (χ2n) is 5.43. The van der Waals surface area contributed by atoms with E-state index in [0.717, 1.165) is 5.56 Å². The molecule has 112 valence electrons. The maximum absolute atomic E-state index is 12.0. The van der Waals surface area contributed by atoms with Crippen LogP contribution in [0.2, 0.25) is 0 Å². The van der Waals surface area contributed by atoms with Gasteiger partial charge in [0, 0.05) is 18.7 Å². The van der Waals surface area contributed by atoms with Gasteiger partial charge in [0.2, 0.25) is 21.7 Å². The van der Waals surface area contributed by atoms with Gasteiger partial charge in [-0.2, -0.15) is 4.98 Å². The molecule has 0 radical (unpaired) electrons. The van der Waals surface area contributed by atoms with Crippen molar-refractivity contribution in [3.63, 3.8) is 0 Å². The van der Waals surface area contributed by atoms with Crippen molar-refractivity contribution < 1.29 is 12.9 Å². The van der Waals surface area contributed by atoms with Crippen molar-refractivity contribution in [2.75, 3.05) is 13.1 Å². The Kier molecular flexibility index (Phi) is 3.54. The van der Waals surface area contributed by atoms with E-state index < -0.39 is 15.3 Å². The van der Waals surface area contributed by atoms with Crippen LogP contribution in [0.25, 0.3) is 11.4 Å². The largest absolute Gasteiger partial charge is 0.339 e. The van der Waals surface area contributed by atoms with E-state index in [-0.39, 0.29) is 5.92 Å². The Hall–Kier alpha value is -1.73. The van der Waals surface area contributed by atoms with E-state index in [4.69, 9.17) is 4.52 Å². The normalized spacial score (nSPS) is 17.1. The molecule has 3 rings (SSSR count). The molecule has 1 saturated heterocycles. The number of aromatic nitrogens is 2. The second-order valence-corrected chi connectivity index (χ2v) is 7.92. The van der Waals surface area contributed by atoms with Crippen LogP contribution in [0.1, 0.15) is 25.7 Å². The summed E-state index contributed by atoms with van der Waals surface area (Å²) in [6.45, 7) is 4.19. The minimum atomic E-state index is -3.18. The fraction of sp³-hybridized carbons (Fsp3) is 0.429. The highest BCUT2D eigenvalue weighted by atomic mass is 32.2. The van der Waals surface area contributed by atoms with Gasteiger partial charge >= 0.3 is 0 Å². The lowest BCUT2D eigenvalue weighted by Gasteiger charge is -2.36. The average molecular weight is 307 g/mol. The minimum Gasteiger partial charge on any atom is -0.339 e. The van der Waals surface area contributed by atoms with Crippen LogP contribution in [-0.2, 0) is 10.0 Å². The van der Waals surface area contributed by atoms with Gasteiger partial charge in [-0.3, -0.25) is 0 Å². The highest BCUT2D eigenvalue weighted by Crippen LogP contribution is 2.30. The van der Waals surface area contributed by atoms with Gasteiger partial charge in [0.05, 0.1) is 11.2 Å². The van der Waals surface area contributed by atoms with Crippen molar-refractivity contribution in [3.8, 4) is 11.4 Å². The third-order valence-corrected chi connectivity index (χ3v) is 5.84. The van der Waals surface area contributed by atoms with Gasteiger partial charge in [0.1, 0.15) is 0 Å². The molecule has 21 heavy (non-hydrogen) atoms. The summed E-state index contributed by atoms with van der Waals surface area (Å²) in [5, 5.41) is 3.56. The first-order valence-corrected chi connectivity index (χ1v) is 8.37. The molecule has 0 bridgehead atoms. The highest BCUT2D eigenvalue weighted by molar-refractivity contribution is 7.89. The van der Waals surface area contributed by atoms with Crippen molar-refractivity contribution in [3.05, 3.63) is 36.2 Å². The molecule has 0 unspecified atom stereocenters. The Morgan fingerprint density at radius 2 is 1.90 bits per heavy atom. The quantitative estimate of drug-likeness (QED) is 0.862. The van der Waals surface area contributed by atoms with Gasteiger partial charge < -0.3 is 4.52 Å². The molecule has 6 nitrogen and oxygen atoms in total. The molecule has 7 heteroatoms. The summed E-state index contributed by atoms with van der Waals surface area (Å²) in [5.74, 6) is 1.03. The lowest BCUT2D eigenvalue weighted by molar-refractivity contribution is 0.215. The van der Waals surface area contributed by atoms with E-state index in [1.54, 1.807) is 13.8 Å². The molecule has 1 aliphatic rings. The van der Waals surface area contributed by atoms with E-state index in [1.807, 2.05) is 30.3 Å². The molecule has 0 amide bonds. The van der Waals surface area contributed by atoms with Crippen molar-refractivity contribution in [2.24, 2.45) is 0 Å². The number of nitrogens with zero attached hydrogens (tertiary/aromatic N) is 3. The number of hydrogen-bond donors (Lipinski definition) is 0. The van der Waals surface area contributed by atoms with Crippen molar-refractivity contribution in [2.45, 2.75) is 25.0 Å². The highest BCUT2D eigenvalue weighted by Gasteiger charge is 2.40. The summed E-state index contributed by atoms with van der Waals surface area (Å²) in [7, 11) is -3.18. The van der Waals surface area contributed by atoms with Gasteiger partial charge in [-0.25, -0.2) is 12.7 Å². The molecule has 1 aliphatic heterocycles. The molecular formula is C14H17N3O3S. The molecular weight excluding hydrogens is 290 g/mol. The maximum atomic E-state index is 12.0. The topological polar surface area (TPSA) is 76.3 Å². The van der Waals surface area contributed by atoms with Crippen LogP contribution < -0.4 is 0 Å². The Labute approximate surface area is 123 Å². The zero-order valence-electron chi connectivity index (χ0n) is 11.9. The van der Waals surface area contributed by atoms with E-state index in [2.05, 4.69) is 10.1 Å². The summed E-state index contributed by atoms with van der Waals surface area (Å²) < 4.78 is 30.7. The molecule has 0 spiro atoms. The lowest BCUT2D eigenvalue weighted by Crippen LogP contribution is -2.50.